The number of fused-ring (bicyclic) bond motifs is 3. The smallest absolute Gasteiger partial charge is 0.153 e. The monoisotopic (exact) mass is 326 g/mol. The Labute approximate surface area is 146 Å². The summed E-state index contributed by atoms with van der Waals surface area (Å²) in [5, 5.41) is 11.6. The molecule has 0 N–H and O–H groups in total. The van der Waals surface area contributed by atoms with Crippen molar-refractivity contribution in [3.8, 4) is 17.3 Å². The average Bonchev–Trinajstić information content (AvgIpc) is 2.99. The molecule has 25 heavy (non-hydrogen) atoms. The van der Waals surface area contributed by atoms with Gasteiger partial charge in [-0.05, 0) is 60.4 Å². The lowest BCUT2D eigenvalue weighted by Crippen LogP contribution is -1.94. The normalized spacial score (nSPS) is 11.3. The first-order valence-electron chi connectivity index (χ1n) is 8.46. The molecule has 0 aliphatic heterocycles. The highest BCUT2D eigenvalue weighted by Crippen LogP contribution is 2.34. The molecule has 0 spiro atoms. The van der Waals surface area contributed by atoms with E-state index in [0.29, 0.717) is 17.1 Å². The summed E-state index contributed by atoms with van der Waals surface area (Å²) in [5.74, 6) is 0.534. The molecule has 0 aliphatic rings. The molecule has 2 aromatic carbocycles. The van der Waals surface area contributed by atoms with Crippen molar-refractivity contribution in [3.63, 3.8) is 0 Å². The second-order valence-electron chi connectivity index (χ2n) is 6.76. The van der Waals surface area contributed by atoms with Crippen molar-refractivity contribution < 1.29 is 4.42 Å². The van der Waals surface area contributed by atoms with Gasteiger partial charge in [0.15, 0.2) is 5.58 Å². The molecule has 0 unspecified atom stereocenters. The fourth-order valence-electron chi connectivity index (χ4n) is 3.30. The van der Waals surface area contributed by atoms with Crippen molar-refractivity contribution in [2.75, 3.05) is 0 Å². The lowest BCUT2D eigenvalue weighted by atomic mass is 9.98. The maximum atomic E-state index is 9.53. The van der Waals surface area contributed by atoms with E-state index < -0.39 is 0 Å². The van der Waals surface area contributed by atoms with Crippen LogP contribution in [0, 0.1) is 17.2 Å². The molecule has 2 aromatic heterocycles. The predicted octanol–water partition coefficient (Wildman–Crippen LogP) is 5.72. The molecule has 122 valence electrons. The predicted molar refractivity (Wildman–Crippen MR) is 100 cm³/mol. The van der Waals surface area contributed by atoms with Crippen molar-refractivity contribution in [1.29, 1.82) is 5.26 Å². The van der Waals surface area contributed by atoms with E-state index >= 15 is 0 Å². The van der Waals surface area contributed by atoms with E-state index in [4.69, 9.17) is 4.42 Å². The van der Waals surface area contributed by atoms with Gasteiger partial charge in [-0.15, -0.1) is 0 Å². The molecule has 0 fully saturated rings. The summed E-state index contributed by atoms with van der Waals surface area (Å²) < 4.78 is 5.98. The maximum Gasteiger partial charge on any atom is 0.153 e. The van der Waals surface area contributed by atoms with Crippen LogP contribution in [0.5, 0.6) is 0 Å². The van der Waals surface area contributed by atoms with Gasteiger partial charge in [-0.2, -0.15) is 5.26 Å². The summed E-state index contributed by atoms with van der Waals surface area (Å²) in [7, 11) is 0. The first-order valence-corrected chi connectivity index (χ1v) is 8.46. The average molecular weight is 326 g/mol. The number of benzene rings is 2. The Balaban J connectivity index is 1.97. The number of hydrogen-bond donors (Lipinski definition) is 0. The molecule has 0 radical (unpaired) electrons. The van der Waals surface area contributed by atoms with Gasteiger partial charge in [-0.1, -0.05) is 19.9 Å². The Morgan fingerprint density at radius 2 is 1.96 bits per heavy atom. The van der Waals surface area contributed by atoms with Crippen LogP contribution in [0.4, 0.5) is 0 Å². The van der Waals surface area contributed by atoms with Gasteiger partial charge >= 0.3 is 0 Å². The molecule has 3 heteroatoms. The van der Waals surface area contributed by atoms with Crippen LogP contribution in [0.2, 0.25) is 0 Å². The Morgan fingerprint density at radius 3 is 2.68 bits per heavy atom. The van der Waals surface area contributed by atoms with E-state index in [1.165, 1.54) is 5.56 Å². The van der Waals surface area contributed by atoms with Crippen molar-refractivity contribution >= 4 is 21.9 Å². The molecule has 0 saturated heterocycles. The number of rotatable bonds is 3. The third kappa shape index (κ3) is 2.77. The van der Waals surface area contributed by atoms with E-state index in [9.17, 15) is 5.26 Å². The minimum Gasteiger partial charge on any atom is -0.455 e. The van der Waals surface area contributed by atoms with Gasteiger partial charge < -0.3 is 4.42 Å². The molecule has 0 saturated carbocycles. The highest BCUT2D eigenvalue weighted by molar-refractivity contribution is 6.08. The van der Waals surface area contributed by atoms with Gasteiger partial charge in [0.25, 0.3) is 0 Å². The Morgan fingerprint density at radius 1 is 1.08 bits per heavy atom. The zero-order valence-corrected chi connectivity index (χ0v) is 14.3. The van der Waals surface area contributed by atoms with Crippen LogP contribution in [0.1, 0.15) is 25.0 Å². The summed E-state index contributed by atoms with van der Waals surface area (Å²) in [6.45, 7) is 4.37. The third-order valence-electron chi connectivity index (χ3n) is 4.36. The molecule has 4 rings (SSSR count). The third-order valence-corrected chi connectivity index (χ3v) is 4.36. The van der Waals surface area contributed by atoms with E-state index in [1.807, 2.05) is 36.4 Å². The van der Waals surface area contributed by atoms with Gasteiger partial charge in [0, 0.05) is 22.5 Å². The molecule has 2 heterocycles. The van der Waals surface area contributed by atoms with Crippen LogP contribution < -0.4 is 0 Å². The number of nitrogens with zero attached hydrogens (tertiary/aromatic N) is 2. The summed E-state index contributed by atoms with van der Waals surface area (Å²) in [6, 6.07) is 18.3. The van der Waals surface area contributed by atoms with Crippen LogP contribution in [-0.2, 0) is 6.42 Å². The Bertz CT molecular complexity index is 1100. The summed E-state index contributed by atoms with van der Waals surface area (Å²) in [6.07, 6.45) is 2.73. The van der Waals surface area contributed by atoms with Crippen LogP contribution in [0.15, 0.2) is 59.1 Å². The summed E-state index contributed by atoms with van der Waals surface area (Å²) in [4.78, 5) is 4.43. The zero-order chi connectivity index (χ0) is 17.4. The number of furan rings is 1. The minimum atomic E-state index is 0.534. The van der Waals surface area contributed by atoms with E-state index in [0.717, 1.165) is 34.0 Å². The first-order chi connectivity index (χ1) is 12.2. The van der Waals surface area contributed by atoms with Gasteiger partial charge in [0.05, 0.1) is 11.3 Å². The molecule has 0 atom stereocenters. The van der Waals surface area contributed by atoms with Crippen molar-refractivity contribution in [1.82, 2.24) is 4.98 Å². The largest absolute Gasteiger partial charge is 0.455 e. The summed E-state index contributed by atoms with van der Waals surface area (Å²) >= 11 is 0. The second kappa shape index (κ2) is 6.07. The molecule has 0 bridgehead atoms. The first kappa shape index (κ1) is 15.4. The SMILES string of the molecule is CC(C)Cc1cc(C#N)c2oc3ccc(-c4ccccn4)cc3c2c1. The lowest BCUT2D eigenvalue weighted by molar-refractivity contribution is 0.645. The Kier molecular flexibility index (Phi) is 3.74. The van der Waals surface area contributed by atoms with Crippen LogP contribution in [0.3, 0.4) is 0 Å². The second-order valence-corrected chi connectivity index (χ2v) is 6.76. The van der Waals surface area contributed by atoms with Gasteiger partial charge in [-0.25, -0.2) is 0 Å². The number of nitriles is 1. The number of pyridine rings is 1. The molecule has 0 aliphatic carbocycles. The number of hydrogen-bond acceptors (Lipinski definition) is 3. The Hall–Kier alpha value is -3.12. The topological polar surface area (TPSA) is 49.8 Å². The molecular weight excluding hydrogens is 308 g/mol. The maximum absolute atomic E-state index is 9.53. The lowest BCUT2D eigenvalue weighted by Gasteiger charge is -2.06. The van der Waals surface area contributed by atoms with Crippen molar-refractivity contribution in [2.24, 2.45) is 5.92 Å². The van der Waals surface area contributed by atoms with Crippen LogP contribution >= 0.6 is 0 Å². The van der Waals surface area contributed by atoms with Crippen molar-refractivity contribution in [3.05, 3.63) is 65.9 Å². The van der Waals surface area contributed by atoms with Gasteiger partial charge in [-0.3, -0.25) is 4.98 Å². The van der Waals surface area contributed by atoms with Gasteiger partial charge in [0.1, 0.15) is 11.7 Å². The molecular formula is C22H18N2O. The van der Waals surface area contributed by atoms with E-state index in [2.05, 4.69) is 37.0 Å². The molecule has 4 aromatic rings. The fourth-order valence-corrected chi connectivity index (χ4v) is 3.30. The number of aromatic nitrogens is 1. The highest BCUT2D eigenvalue weighted by atomic mass is 16.3. The van der Waals surface area contributed by atoms with E-state index in [-0.39, 0.29) is 0 Å². The minimum absolute atomic E-state index is 0.534. The van der Waals surface area contributed by atoms with E-state index in [1.54, 1.807) is 6.20 Å². The summed E-state index contributed by atoms with van der Waals surface area (Å²) in [5.41, 5.74) is 5.21. The standard InChI is InChI=1S/C22H18N2O/c1-14(2)9-15-10-17(13-23)22-19(11-15)18-12-16(6-7-21(18)25-22)20-5-3-4-8-24-20/h3-8,10-12,14H,9H2,1-2H3. The van der Waals surface area contributed by atoms with Crippen LogP contribution in [-0.4, -0.2) is 4.98 Å². The van der Waals surface area contributed by atoms with Crippen molar-refractivity contribution in [2.45, 2.75) is 20.3 Å². The molecule has 0 amide bonds. The quantitative estimate of drug-likeness (QED) is 0.484. The van der Waals surface area contributed by atoms with Crippen LogP contribution in [0.25, 0.3) is 33.2 Å². The van der Waals surface area contributed by atoms with Gasteiger partial charge in [0.2, 0.25) is 0 Å². The fraction of sp³-hybridized carbons (Fsp3) is 0.182. The zero-order valence-electron chi connectivity index (χ0n) is 14.3. The molecule has 3 nitrogen and oxygen atoms in total. The highest BCUT2D eigenvalue weighted by Gasteiger charge is 2.14.